The van der Waals surface area contributed by atoms with Crippen LogP contribution in [0.25, 0.3) is 0 Å². The molecule has 0 amide bonds. The van der Waals surface area contributed by atoms with E-state index in [4.69, 9.17) is 0 Å². The Bertz CT molecular complexity index is 274. The van der Waals surface area contributed by atoms with Crippen LogP contribution in [0.4, 0.5) is 0 Å². The van der Waals surface area contributed by atoms with Gasteiger partial charge in [0.15, 0.2) is 0 Å². The Balaban J connectivity index is 4.30. The van der Waals surface area contributed by atoms with E-state index in [1.165, 1.54) is 6.08 Å². The molecule has 0 bridgehead atoms. The van der Waals surface area contributed by atoms with Gasteiger partial charge >= 0.3 is 11.9 Å². The van der Waals surface area contributed by atoms with E-state index in [1.54, 1.807) is 26.8 Å². The third kappa shape index (κ3) is 6.89. The minimum Gasteiger partial charge on any atom is -0.389 e. The van der Waals surface area contributed by atoms with Crippen LogP contribution in [-0.2, 0) is 14.3 Å². The molecule has 86 valence electrons. The van der Waals surface area contributed by atoms with Gasteiger partial charge < -0.3 is 4.74 Å². The summed E-state index contributed by atoms with van der Waals surface area (Å²) in [5.41, 5.74) is -0.741. The van der Waals surface area contributed by atoms with Crippen LogP contribution in [0.3, 0.4) is 0 Å². The summed E-state index contributed by atoms with van der Waals surface area (Å²) in [6.45, 7) is 11.0. The van der Waals surface area contributed by atoms with E-state index in [1.807, 2.05) is 20.8 Å². The quantitative estimate of drug-likeness (QED) is 0.381. The van der Waals surface area contributed by atoms with E-state index in [2.05, 4.69) is 4.74 Å². The van der Waals surface area contributed by atoms with Crippen LogP contribution < -0.4 is 0 Å². The Morgan fingerprint density at radius 3 is 1.80 bits per heavy atom. The molecule has 0 spiro atoms. The summed E-state index contributed by atoms with van der Waals surface area (Å²) in [5.74, 6) is -1.11. The number of hydrogen-bond acceptors (Lipinski definition) is 3. The van der Waals surface area contributed by atoms with Crippen molar-refractivity contribution in [2.75, 3.05) is 0 Å². The molecular weight excluding hydrogens is 192 g/mol. The molecule has 0 aromatic rings. The topological polar surface area (TPSA) is 43.4 Å². The smallest absolute Gasteiger partial charge is 0.338 e. The Hall–Kier alpha value is -1.12. The molecule has 0 aliphatic heterocycles. The van der Waals surface area contributed by atoms with Gasteiger partial charge in [0, 0.05) is 6.08 Å². The van der Waals surface area contributed by atoms with Crippen molar-refractivity contribution < 1.29 is 14.3 Å². The van der Waals surface area contributed by atoms with Crippen LogP contribution in [0.5, 0.6) is 0 Å². The number of allylic oxidation sites excluding steroid dienone is 1. The predicted molar refractivity (Wildman–Crippen MR) is 59.1 cm³/mol. The molecule has 0 aliphatic rings. The molecule has 15 heavy (non-hydrogen) atoms. The highest BCUT2D eigenvalue weighted by Crippen LogP contribution is 2.17. The molecule has 0 saturated heterocycles. The highest BCUT2D eigenvalue weighted by Gasteiger charge is 2.25. The summed E-state index contributed by atoms with van der Waals surface area (Å²) in [7, 11) is 0. The molecule has 0 rings (SSSR count). The fourth-order valence-electron chi connectivity index (χ4n) is 0.597. The number of ether oxygens (including phenoxy) is 1. The molecule has 0 atom stereocenters. The lowest BCUT2D eigenvalue weighted by molar-refractivity contribution is -0.162. The van der Waals surface area contributed by atoms with Crippen molar-refractivity contribution in [3.05, 3.63) is 12.2 Å². The van der Waals surface area contributed by atoms with Crippen molar-refractivity contribution in [3.63, 3.8) is 0 Å². The van der Waals surface area contributed by atoms with Crippen LogP contribution in [0.1, 0.15) is 41.5 Å². The molecular formula is C12H20O3. The van der Waals surface area contributed by atoms with Crippen LogP contribution in [-0.4, -0.2) is 11.9 Å². The van der Waals surface area contributed by atoms with Gasteiger partial charge in [0.05, 0.1) is 5.41 Å². The van der Waals surface area contributed by atoms with Crippen LogP contribution in [0.15, 0.2) is 12.2 Å². The minimum atomic E-state index is -0.648. The van der Waals surface area contributed by atoms with Gasteiger partial charge in [0.1, 0.15) is 0 Å². The molecule has 0 radical (unpaired) electrons. The van der Waals surface area contributed by atoms with Crippen molar-refractivity contribution in [2.24, 2.45) is 10.8 Å². The zero-order valence-corrected chi connectivity index (χ0v) is 10.4. The third-order valence-corrected chi connectivity index (χ3v) is 1.53. The van der Waals surface area contributed by atoms with Gasteiger partial charge in [0.25, 0.3) is 0 Å². The molecule has 3 nitrogen and oxygen atoms in total. The zero-order chi connectivity index (χ0) is 12.3. The summed E-state index contributed by atoms with van der Waals surface area (Å²) < 4.78 is 4.65. The van der Waals surface area contributed by atoms with E-state index in [9.17, 15) is 9.59 Å². The lowest BCUT2D eigenvalue weighted by Gasteiger charge is -2.15. The first-order valence-electron chi connectivity index (χ1n) is 4.98. The maximum atomic E-state index is 11.3. The predicted octanol–water partition coefficient (Wildman–Crippen LogP) is 2.70. The SMILES string of the molecule is CC(C)(C)/C=C/C(=O)OC(=O)C(C)(C)C. The molecule has 0 aromatic carbocycles. The van der Waals surface area contributed by atoms with Crippen LogP contribution >= 0.6 is 0 Å². The van der Waals surface area contributed by atoms with Gasteiger partial charge in [-0.1, -0.05) is 26.8 Å². The summed E-state index contributed by atoms with van der Waals surface area (Å²) in [6, 6.07) is 0. The van der Waals surface area contributed by atoms with Gasteiger partial charge in [-0.25, -0.2) is 4.79 Å². The van der Waals surface area contributed by atoms with Crippen LogP contribution in [0, 0.1) is 10.8 Å². The molecule has 0 heterocycles. The average Bonchev–Trinajstić information content (AvgIpc) is 1.97. The molecule has 0 aromatic heterocycles. The monoisotopic (exact) mass is 212 g/mol. The summed E-state index contributed by atoms with van der Waals surface area (Å²) in [4.78, 5) is 22.5. The van der Waals surface area contributed by atoms with E-state index in [0.717, 1.165) is 0 Å². The molecule has 0 aliphatic carbocycles. The number of rotatable bonds is 1. The van der Waals surface area contributed by atoms with Crippen molar-refractivity contribution >= 4 is 11.9 Å². The Kier molecular flexibility index (Phi) is 4.26. The largest absolute Gasteiger partial charge is 0.389 e. The Labute approximate surface area is 91.5 Å². The van der Waals surface area contributed by atoms with Gasteiger partial charge in [-0.2, -0.15) is 0 Å². The maximum absolute atomic E-state index is 11.3. The second-order valence-electron chi connectivity index (χ2n) is 5.66. The number of esters is 2. The van der Waals surface area contributed by atoms with Crippen molar-refractivity contribution in [3.8, 4) is 0 Å². The molecule has 0 unspecified atom stereocenters. The zero-order valence-electron chi connectivity index (χ0n) is 10.4. The first-order chi connectivity index (χ1) is 6.52. The summed E-state index contributed by atoms with van der Waals surface area (Å²) in [6.07, 6.45) is 3.01. The van der Waals surface area contributed by atoms with Gasteiger partial charge in [0.2, 0.25) is 0 Å². The molecule has 0 N–H and O–H groups in total. The van der Waals surface area contributed by atoms with E-state index < -0.39 is 17.4 Å². The fraction of sp³-hybridized carbons (Fsp3) is 0.667. The van der Waals surface area contributed by atoms with Crippen LogP contribution in [0.2, 0.25) is 0 Å². The molecule has 0 fully saturated rings. The van der Waals surface area contributed by atoms with Gasteiger partial charge in [-0.3, -0.25) is 4.79 Å². The Morgan fingerprint density at radius 2 is 1.47 bits per heavy atom. The molecule has 3 heteroatoms. The normalized spacial score (nSPS) is 12.9. The number of hydrogen-bond donors (Lipinski definition) is 0. The summed E-state index contributed by atoms with van der Waals surface area (Å²) in [5, 5.41) is 0. The summed E-state index contributed by atoms with van der Waals surface area (Å²) >= 11 is 0. The standard InChI is InChI=1S/C12H20O3/c1-11(2,3)8-7-9(13)15-10(14)12(4,5)6/h7-8H,1-6H3/b8-7+. The first kappa shape index (κ1) is 13.9. The third-order valence-electron chi connectivity index (χ3n) is 1.53. The minimum absolute atomic E-state index is 0.0935. The van der Waals surface area contributed by atoms with E-state index in [0.29, 0.717) is 0 Å². The number of carbonyl (C=O) groups is 2. The number of carbonyl (C=O) groups excluding carboxylic acids is 2. The van der Waals surface area contributed by atoms with E-state index >= 15 is 0 Å². The Morgan fingerprint density at radius 1 is 1.00 bits per heavy atom. The molecule has 0 saturated carbocycles. The van der Waals surface area contributed by atoms with Gasteiger partial charge in [-0.05, 0) is 26.2 Å². The average molecular weight is 212 g/mol. The van der Waals surface area contributed by atoms with Gasteiger partial charge in [-0.15, -0.1) is 0 Å². The van der Waals surface area contributed by atoms with Crippen molar-refractivity contribution in [1.29, 1.82) is 0 Å². The highest BCUT2D eigenvalue weighted by molar-refractivity contribution is 5.93. The van der Waals surface area contributed by atoms with E-state index in [-0.39, 0.29) is 5.41 Å². The second kappa shape index (κ2) is 4.60. The first-order valence-corrected chi connectivity index (χ1v) is 4.98. The van der Waals surface area contributed by atoms with Crippen molar-refractivity contribution in [2.45, 2.75) is 41.5 Å². The fourth-order valence-corrected chi connectivity index (χ4v) is 0.597. The lowest BCUT2D eigenvalue weighted by Crippen LogP contribution is -2.25. The second-order valence-corrected chi connectivity index (χ2v) is 5.66. The van der Waals surface area contributed by atoms with Crippen molar-refractivity contribution in [1.82, 2.24) is 0 Å². The lowest BCUT2D eigenvalue weighted by atomic mass is 9.96. The highest BCUT2D eigenvalue weighted by atomic mass is 16.6. The maximum Gasteiger partial charge on any atom is 0.338 e.